The summed E-state index contributed by atoms with van der Waals surface area (Å²) >= 11 is 0. The summed E-state index contributed by atoms with van der Waals surface area (Å²) < 4.78 is 21.9. The standard InChI is InChI=1S/C20H20O5/c1-3-23-16-7-5-15(6-8-16)17(21)9-4-14-12-18(22-2)20-19(13-14)24-10-11-25-20/h4-9,12-13H,3,10-11H2,1-2H3/b9-4+. The van der Waals surface area contributed by atoms with Crippen molar-refractivity contribution in [2.75, 3.05) is 26.9 Å². The van der Waals surface area contributed by atoms with Crippen molar-refractivity contribution in [2.24, 2.45) is 0 Å². The zero-order chi connectivity index (χ0) is 17.6. The third-order valence-electron chi connectivity index (χ3n) is 3.73. The Morgan fingerprint density at radius 3 is 2.64 bits per heavy atom. The van der Waals surface area contributed by atoms with E-state index >= 15 is 0 Å². The van der Waals surface area contributed by atoms with Crippen LogP contribution in [0.4, 0.5) is 0 Å². The van der Waals surface area contributed by atoms with Crippen LogP contribution in [0.1, 0.15) is 22.8 Å². The highest BCUT2D eigenvalue weighted by Crippen LogP contribution is 2.40. The van der Waals surface area contributed by atoms with Crippen molar-refractivity contribution < 1.29 is 23.7 Å². The van der Waals surface area contributed by atoms with E-state index in [1.807, 2.05) is 19.1 Å². The number of rotatable bonds is 6. The van der Waals surface area contributed by atoms with Crippen molar-refractivity contribution in [3.8, 4) is 23.0 Å². The Kier molecular flexibility index (Phi) is 5.23. The van der Waals surface area contributed by atoms with Crippen molar-refractivity contribution in [3.63, 3.8) is 0 Å². The first-order chi connectivity index (χ1) is 12.2. The van der Waals surface area contributed by atoms with Gasteiger partial charge in [-0.05, 0) is 55.0 Å². The van der Waals surface area contributed by atoms with Crippen molar-refractivity contribution in [2.45, 2.75) is 6.92 Å². The molecular formula is C20H20O5. The van der Waals surface area contributed by atoms with Crippen molar-refractivity contribution in [3.05, 3.63) is 53.6 Å². The monoisotopic (exact) mass is 340 g/mol. The smallest absolute Gasteiger partial charge is 0.203 e. The highest BCUT2D eigenvalue weighted by atomic mass is 16.6. The lowest BCUT2D eigenvalue weighted by molar-refractivity contribution is 0.104. The van der Waals surface area contributed by atoms with Crippen molar-refractivity contribution >= 4 is 11.9 Å². The summed E-state index contributed by atoms with van der Waals surface area (Å²) in [6.45, 7) is 3.51. The topological polar surface area (TPSA) is 54.0 Å². The summed E-state index contributed by atoms with van der Waals surface area (Å²) in [5, 5.41) is 0. The lowest BCUT2D eigenvalue weighted by Crippen LogP contribution is -2.16. The van der Waals surface area contributed by atoms with Crippen LogP contribution in [0.3, 0.4) is 0 Å². The number of allylic oxidation sites excluding steroid dienone is 1. The molecule has 0 saturated heterocycles. The summed E-state index contributed by atoms with van der Waals surface area (Å²) in [7, 11) is 1.58. The molecule has 5 heteroatoms. The number of ketones is 1. The third kappa shape index (κ3) is 3.94. The fraction of sp³-hybridized carbons (Fsp3) is 0.250. The average Bonchev–Trinajstić information content (AvgIpc) is 2.66. The van der Waals surface area contributed by atoms with E-state index in [0.29, 0.717) is 42.6 Å². The molecule has 0 fully saturated rings. The van der Waals surface area contributed by atoms with Gasteiger partial charge in [-0.2, -0.15) is 0 Å². The van der Waals surface area contributed by atoms with Crippen LogP contribution >= 0.6 is 0 Å². The SMILES string of the molecule is CCOc1ccc(C(=O)/C=C/c2cc(OC)c3c(c2)OCCO3)cc1. The first-order valence-electron chi connectivity index (χ1n) is 8.14. The van der Waals surface area contributed by atoms with Gasteiger partial charge in [0, 0.05) is 5.56 Å². The second-order valence-corrected chi connectivity index (χ2v) is 5.40. The maximum Gasteiger partial charge on any atom is 0.203 e. The molecule has 1 heterocycles. The van der Waals surface area contributed by atoms with Gasteiger partial charge in [0.25, 0.3) is 0 Å². The largest absolute Gasteiger partial charge is 0.494 e. The Morgan fingerprint density at radius 2 is 1.92 bits per heavy atom. The highest BCUT2D eigenvalue weighted by Gasteiger charge is 2.17. The molecule has 25 heavy (non-hydrogen) atoms. The number of hydrogen-bond donors (Lipinski definition) is 0. The minimum atomic E-state index is -0.0862. The van der Waals surface area contributed by atoms with Gasteiger partial charge in [0.15, 0.2) is 17.3 Å². The molecule has 2 aromatic rings. The van der Waals surface area contributed by atoms with Crippen LogP contribution in [-0.4, -0.2) is 32.7 Å². The second-order valence-electron chi connectivity index (χ2n) is 5.40. The molecule has 0 saturated carbocycles. The van der Waals surface area contributed by atoms with E-state index in [9.17, 15) is 4.79 Å². The molecule has 0 amide bonds. The van der Waals surface area contributed by atoms with Crippen molar-refractivity contribution in [1.82, 2.24) is 0 Å². The summed E-state index contributed by atoms with van der Waals surface area (Å²) in [6.07, 6.45) is 3.26. The van der Waals surface area contributed by atoms with Crippen molar-refractivity contribution in [1.29, 1.82) is 0 Å². The molecule has 0 aromatic heterocycles. The second kappa shape index (κ2) is 7.75. The van der Waals surface area contributed by atoms with E-state index in [-0.39, 0.29) is 5.78 Å². The van der Waals surface area contributed by atoms with Crippen LogP contribution in [-0.2, 0) is 0 Å². The molecule has 3 rings (SSSR count). The number of carbonyl (C=O) groups is 1. The van der Waals surface area contributed by atoms with E-state index < -0.39 is 0 Å². The van der Waals surface area contributed by atoms with Crippen LogP contribution in [0.25, 0.3) is 6.08 Å². The highest BCUT2D eigenvalue weighted by molar-refractivity contribution is 6.06. The van der Waals surface area contributed by atoms with Crippen LogP contribution < -0.4 is 18.9 Å². The zero-order valence-electron chi connectivity index (χ0n) is 14.3. The van der Waals surface area contributed by atoms with Gasteiger partial charge >= 0.3 is 0 Å². The maximum atomic E-state index is 12.3. The van der Waals surface area contributed by atoms with Gasteiger partial charge in [0.05, 0.1) is 13.7 Å². The molecule has 0 N–H and O–H groups in total. The number of hydrogen-bond acceptors (Lipinski definition) is 5. The minimum absolute atomic E-state index is 0.0862. The molecule has 2 aromatic carbocycles. The van der Waals surface area contributed by atoms with Crippen LogP contribution in [0.15, 0.2) is 42.5 Å². The fourth-order valence-electron chi connectivity index (χ4n) is 2.54. The van der Waals surface area contributed by atoms with Gasteiger partial charge < -0.3 is 18.9 Å². The molecule has 0 radical (unpaired) electrons. The quantitative estimate of drug-likeness (QED) is 0.592. The number of methoxy groups -OCH3 is 1. The minimum Gasteiger partial charge on any atom is -0.494 e. The van der Waals surface area contributed by atoms with Gasteiger partial charge in [0.1, 0.15) is 19.0 Å². The molecule has 1 aliphatic rings. The third-order valence-corrected chi connectivity index (χ3v) is 3.73. The first kappa shape index (κ1) is 16.9. The Morgan fingerprint density at radius 1 is 1.16 bits per heavy atom. The summed E-state index contributed by atoms with van der Waals surface area (Å²) in [4.78, 5) is 12.3. The van der Waals surface area contributed by atoms with Gasteiger partial charge in [-0.1, -0.05) is 6.08 Å². The predicted octanol–water partition coefficient (Wildman–Crippen LogP) is 3.76. The number of fused-ring (bicyclic) bond motifs is 1. The Balaban J connectivity index is 1.78. The Hall–Kier alpha value is -2.95. The zero-order valence-corrected chi connectivity index (χ0v) is 14.3. The normalized spacial score (nSPS) is 12.9. The number of benzene rings is 2. The lowest BCUT2D eigenvalue weighted by atomic mass is 10.1. The van der Waals surface area contributed by atoms with E-state index in [1.165, 1.54) is 6.08 Å². The number of carbonyl (C=O) groups excluding carboxylic acids is 1. The predicted molar refractivity (Wildman–Crippen MR) is 95.0 cm³/mol. The van der Waals surface area contributed by atoms with Gasteiger partial charge in [-0.15, -0.1) is 0 Å². The molecule has 0 aliphatic carbocycles. The summed E-state index contributed by atoms with van der Waals surface area (Å²) in [5.41, 5.74) is 1.41. The Bertz CT molecular complexity index is 760. The molecule has 5 nitrogen and oxygen atoms in total. The van der Waals surface area contributed by atoms with Crippen LogP contribution in [0, 0.1) is 0 Å². The van der Waals surface area contributed by atoms with E-state index in [0.717, 1.165) is 11.3 Å². The molecular weight excluding hydrogens is 320 g/mol. The van der Waals surface area contributed by atoms with E-state index in [4.69, 9.17) is 18.9 Å². The number of ether oxygens (including phenoxy) is 4. The van der Waals surface area contributed by atoms with Gasteiger partial charge in [-0.3, -0.25) is 4.79 Å². The molecule has 0 atom stereocenters. The Labute approximate surface area is 146 Å². The van der Waals surface area contributed by atoms with Crippen LogP contribution in [0.2, 0.25) is 0 Å². The van der Waals surface area contributed by atoms with Gasteiger partial charge in [-0.25, -0.2) is 0 Å². The fourth-order valence-corrected chi connectivity index (χ4v) is 2.54. The lowest BCUT2D eigenvalue weighted by Gasteiger charge is -2.20. The molecule has 0 bridgehead atoms. The van der Waals surface area contributed by atoms with Gasteiger partial charge in [0.2, 0.25) is 5.75 Å². The van der Waals surface area contributed by atoms with Crippen LogP contribution in [0.5, 0.6) is 23.0 Å². The van der Waals surface area contributed by atoms with E-state index in [2.05, 4.69) is 0 Å². The molecule has 1 aliphatic heterocycles. The average molecular weight is 340 g/mol. The maximum absolute atomic E-state index is 12.3. The van der Waals surface area contributed by atoms with E-state index in [1.54, 1.807) is 37.5 Å². The molecule has 0 unspecified atom stereocenters. The molecule has 130 valence electrons. The molecule has 0 spiro atoms. The summed E-state index contributed by atoms with van der Waals surface area (Å²) in [6, 6.07) is 10.7. The first-order valence-corrected chi connectivity index (χ1v) is 8.14. The summed E-state index contributed by atoms with van der Waals surface area (Å²) in [5.74, 6) is 2.48.